The van der Waals surface area contributed by atoms with Crippen molar-refractivity contribution in [3.8, 4) is 0 Å². The summed E-state index contributed by atoms with van der Waals surface area (Å²) in [4.78, 5) is 26.8. The van der Waals surface area contributed by atoms with Gasteiger partial charge in [0.1, 0.15) is 5.69 Å². The Hall–Kier alpha value is -2.76. The molecule has 172 valence electrons. The molecule has 1 aromatic carbocycles. The number of carbonyl (C=O) groups is 1. The highest BCUT2D eigenvalue weighted by atomic mass is 32.2. The van der Waals surface area contributed by atoms with E-state index in [1.54, 1.807) is 12.1 Å². The number of ether oxygens (including phenoxy) is 1. The minimum Gasteiger partial charge on any atom is -0.379 e. The largest absolute Gasteiger partial charge is 0.379 e. The van der Waals surface area contributed by atoms with Gasteiger partial charge in [0.2, 0.25) is 10.0 Å². The third-order valence-corrected chi connectivity index (χ3v) is 7.61. The van der Waals surface area contributed by atoms with Gasteiger partial charge in [-0.15, -0.1) is 0 Å². The summed E-state index contributed by atoms with van der Waals surface area (Å²) < 4.78 is 34.1. The van der Waals surface area contributed by atoms with E-state index in [4.69, 9.17) is 4.74 Å². The standard InChI is InChI=1S/C21H27N5O5S/c1-24-20(27)8-6-17(23-24)21(28)22-18-15-16(32(29,30)26-11-13-31-14-12-26)5-7-19(18)25-9-3-2-4-10-25/h5-8,15H,2-4,9-14H2,1H3,(H,22,28). The topological polar surface area (TPSA) is 114 Å². The highest BCUT2D eigenvalue weighted by Crippen LogP contribution is 2.32. The number of hydrogen-bond donors (Lipinski definition) is 1. The van der Waals surface area contributed by atoms with E-state index in [9.17, 15) is 18.0 Å². The van der Waals surface area contributed by atoms with Crippen LogP contribution in [0.25, 0.3) is 0 Å². The fourth-order valence-electron chi connectivity index (χ4n) is 3.93. The Labute approximate surface area is 186 Å². The summed E-state index contributed by atoms with van der Waals surface area (Å²) in [5, 5.41) is 6.81. The van der Waals surface area contributed by atoms with Gasteiger partial charge in [-0.1, -0.05) is 0 Å². The number of aryl methyl sites for hydroxylation is 1. The molecule has 0 radical (unpaired) electrons. The number of morpholine rings is 1. The molecule has 2 aliphatic rings. The van der Waals surface area contributed by atoms with Crippen LogP contribution in [-0.4, -0.2) is 67.8 Å². The van der Waals surface area contributed by atoms with Gasteiger partial charge in [0.05, 0.1) is 29.5 Å². The molecule has 0 saturated carbocycles. The minimum atomic E-state index is -3.72. The molecule has 0 aliphatic carbocycles. The summed E-state index contributed by atoms with van der Waals surface area (Å²) in [5.74, 6) is -0.514. The molecule has 2 aromatic rings. The van der Waals surface area contributed by atoms with Gasteiger partial charge in [-0.25, -0.2) is 13.1 Å². The Bertz CT molecular complexity index is 1150. The van der Waals surface area contributed by atoms with Gasteiger partial charge < -0.3 is 15.0 Å². The zero-order valence-corrected chi connectivity index (χ0v) is 18.8. The minimum absolute atomic E-state index is 0.0677. The van der Waals surface area contributed by atoms with Gasteiger partial charge in [0.15, 0.2) is 0 Å². The molecule has 2 fully saturated rings. The molecule has 2 aliphatic heterocycles. The van der Waals surface area contributed by atoms with Crippen LogP contribution < -0.4 is 15.8 Å². The number of carbonyl (C=O) groups excluding carboxylic acids is 1. The number of aromatic nitrogens is 2. The summed E-state index contributed by atoms with van der Waals surface area (Å²) in [6.45, 7) is 2.95. The third kappa shape index (κ3) is 4.69. The zero-order chi connectivity index (χ0) is 22.7. The Morgan fingerprint density at radius 1 is 1.03 bits per heavy atom. The summed E-state index contributed by atoms with van der Waals surface area (Å²) >= 11 is 0. The van der Waals surface area contributed by atoms with Crippen LogP contribution in [0.3, 0.4) is 0 Å². The van der Waals surface area contributed by atoms with Crippen LogP contribution >= 0.6 is 0 Å². The second kappa shape index (κ2) is 9.39. The normalized spacial score (nSPS) is 17.8. The Balaban J connectivity index is 1.69. The Kier molecular flexibility index (Phi) is 6.58. The van der Waals surface area contributed by atoms with E-state index < -0.39 is 15.9 Å². The molecular formula is C21H27N5O5S. The number of rotatable bonds is 5. The van der Waals surface area contributed by atoms with E-state index in [0.29, 0.717) is 32.0 Å². The molecular weight excluding hydrogens is 434 g/mol. The molecule has 3 heterocycles. The van der Waals surface area contributed by atoms with Gasteiger partial charge >= 0.3 is 0 Å². The van der Waals surface area contributed by atoms with Crippen molar-refractivity contribution in [1.82, 2.24) is 14.1 Å². The first-order valence-corrected chi connectivity index (χ1v) is 12.1. The second-order valence-corrected chi connectivity index (χ2v) is 9.82. The number of hydrogen-bond acceptors (Lipinski definition) is 7. The van der Waals surface area contributed by atoms with E-state index in [-0.39, 0.29) is 16.1 Å². The fraction of sp³-hybridized carbons (Fsp3) is 0.476. The van der Waals surface area contributed by atoms with E-state index in [1.807, 2.05) is 0 Å². The van der Waals surface area contributed by atoms with Crippen LogP contribution in [0.1, 0.15) is 29.8 Å². The average molecular weight is 462 g/mol. The average Bonchev–Trinajstić information content (AvgIpc) is 2.82. The second-order valence-electron chi connectivity index (χ2n) is 7.88. The lowest BCUT2D eigenvalue weighted by Gasteiger charge is -2.31. The van der Waals surface area contributed by atoms with Crippen LogP contribution in [0.15, 0.2) is 40.0 Å². The number of benzene rings is 1. The quantitative estimate of drug-likeness (QED) is 0.708. The predicted octanol–water partition coefficient (Wildman–Crippen LogP) is 1.04. The number of anilines is 2. The first kappa shape index (κ1) is 22.4. The molecule has 11 heteroatoms. The highest BCUT2D eigenvalue weighted by Gasteiger charge is 2.28. The van der Waals surface area contributed by atoms with E-state index in [2.05, 4.69) is 15.3 Å². The molecule has 32 heavy (non-hydrogen) atoms. The van der Waals surface area contributed by atoms with Crippen molar-refractivity contribution in [1.29, 1.82) is 0 Å². The van der Waals surface area contributed by atoms with Crippen molar-refractivity contribution in [3.63, 3.8) is 0 Å². The van der Waals surface area contributed by atoms with Crippen LogP contribution in [-0.2, 0) is 21.8 Å². The summed E-state index contributed by atoms with van der Waals surface area (Å²) in [6, 6.07) is 7.48. The number of nitrogens with one attached hydrogen (secondary N) is 1. The summed E-state index contributed by atoms with van der Waals surface area (Å²) in [5.41, 5.74) is 0.915. The molecule has 0 bridgehead atoms. The Morgan fingerprint density at radius 3 is 2.44 bits per heavy atom. The van der Waals surface area contributed by atoms with Crippen molar-refractivity contribution >= 4 is 27.3 Å². The molecule has 1 N–H and O–H groups in total. The lowest BCUT2D eigenvalue weighted by atomic mass is 10.1. The molecule has 2 saturated heterocycles. The molecule has 0 atom stereocenters. The number of sulfonamides is 1. The van der Waals surface area contributed by atoms with Crippen molar-refractivity contribution < 1.29 is 17.9 Å². The van der Waals surface area contributed by atoms with Gasteiger partial charge in [0, 0.05) is 39.3 Å². The third-order valence-electron chi connectivity index (χ3n) is 5.71. The fourth-order valence-corrected chi connectivity index (χ4v) is 5.37. The first-order valence-electron chi connectivity index (χ1n) is 10.7. The van der Waals surface area contributed by atoms with Crippen molar-refractivity contribution in [2.45, 2.75) is 24.2 Å². The SMILES string of the molecule is Cn1nc(C(=O)Nc2cc(S(=O)(=O)N3CCOCC3)ccc2N2CCCCC2)ccc1=O. The van der Waals surface area contributed by atoms with Crippen molar-refractivity contribution in [3.05, 3.63) is 46.4 Å². The lowest BCUT2D eigenvalue weighted by Crippen LogP contribution is -2.40. The molecule has 4 rings (SSSR count). The van der Waals surface area contributed by atoms with Crippen LogP contribution in [0.2, 0.25) is 0 Å². The summed E-state index contributed by atoms with van der Waals surface area (Å²) in [7, 11) is -2.26. The highest BCUT2D eigenvalue weighted by molar-refractivity contribution is 7.89. The number of amides is 1. The van der Waals surface area contributed by atoms with Gasteiger partial charge in [-0.2, -0.15) is 9.40 Å². The lowest BCUT2D eigenvalue weighted by molar-refractivity contribution is 0.0730. The van der Waals surface area contributed by atoms with Gasteiger partial charge in [-0.05, 0) is 43.5 Å². The Morgan fingerprint density at radius 2 is 1.75 bits per heavy atom. The van der Waals surface area contributed by atoms with Gasteiger partial charge in [0.25, 0.3) is 11.5 Å². The predicted molar refractivity (Wildman–Crippen MR) is 120 cm³/mol. The van der Waals surface area contributed by atoms with Crippen LogP contribution in [0.5, 0.6) is 0 Å². The molecule has 1 aromatic heterocycles. The van der Waals surface area contributed by atoms with Crippen molar-refractivity contribution in [2.75, 3.05) is 49.6 Å². The number of nitrogens with zero attached hydrogens (tertiary/aromatic N) is 4. The maximum atomic E-state index is 13.2. The molecule has 0 spiro atoms. The van der Waals surface area contributed by atoms with Crippen LogP contribution in [0.4, 0.5) is 11.4 Å². The van der Waals surface area contributed by atoms with Gasteiger partial charge in [-0.3, -0.25) is 9.59 Å². The van der Waals surface area contributed by atoms with E-state index >= 15 is 0 Å². The monoisotopic (exact) mass is 461 g/mol. The van der Waals surface area contributed by atoms with Crippen LogP contribution in [0, 0.1) is 0 Å². The zero-order valence-electron chi connectivity index (χ0n) is 18.0. The number of piperidine rings is 1. The maximum Gasteiger partial charge on any atom is 0.276 e. The molecule has 10 nitrogen and oxygen atoms in total. The molecule has 0 unspecified atom stereocenters. The molecule has 1 amide bonds. The smallest absolute Gasteiger partial charge is 0.276 e. The first-order chi connectivity index (χ1) is 15.4. The van der Waals surface area contributed by atoms with E-state index in [1.165, 1.54) is 29.6 Å². The summed E-state index contributed by atoms with van der Waals surface area (Å²) in [6.07, 6.45) is 3.21. The maximum absolute atomic E-state index is 13.2. The van der Waals surface area contributed by atoms with Crippen molar-refractivity contribution in [2.24, 2.45) is 7.05 Å². The van der Waals surface area contributed by atoms with E-state index in [0.717, 1.165) is 42.7 Å².